The Bertz CT molecular complexity index is 402. The van der Waals surface area contributed by atoms with E-state index in [1.807, 2.05) is 6.07 Å². The molecule has 0 amide bonds. The van der Waals surface area contributed by atoms with E-state index < -0.39 is 0 Å². The number of amidine groups is 1. The molecular weight excluding hydrogens is 234 g/mol. The summed E-state index contributed by atoms with van der Waals surface area (Å²) in [6, 6.07) is 10.8. The highest BCUT2D eigenvalue weighted by Gasteiger charge is 2.28. The van der Waals surface area contributed by atoms with E-state index in [4.69, 9.17) is 11.1 Å². The molecule has 3 nitrogen and oxygen atoms in total. The van der Waals surface area contributed by atoms with Crippen LogP contribution in [-0.2, 0) is 0 Å². The summed E-state index contributed by atoms with van der Waals surface area (Å²) in [6.45, 7) is 4.55. The average Bonchev–Trinajstić information content (AvgIpc) is 2.86. The summed E-state index contributed by atoms with van der Waals surface area (Å²) in [7, 11) is 0. The highest BCUT2D eigenvalue weighted by Crippen LogP contribution is 2.31. The largest absolute Gasteiger partial charge is 0.388 e. The maximum atomic E-state index is 7.62. The Hall–Kier alpha value is -1.35. The monoisotopic (exact) mass is 259 g/mol. The molecule has 1 aromatic rings. The molecule has 2 unspecified atom stereocenters. The van der Waals surface area contributed by atoms with Crippen molar-refractivity contribution in [1.29, 1.82) is 5.41 Å². The fourth-order valence-electron chi connectivity index (χ4n) is 3.13. The van der Waals surface area contributed by atoms with Crippen molar-refractivity contribution in [3.63, 3.8) is 0 Å². The maximum Gasteiger partial charge on any atom is 0.0924 e. The molecule has 0 spiro atoms. The van der Waals surface area contributed by atoms with Crippen LogP contribution >= 0.6 is 0 Å². The Morgan fingerprint density at radius 3 is 2.79 bits per heavy atom. The van der Waals surface area contributed by atoms with Crippen molar-refractivity contribution in [2.75, 3.05) is 13.1 Å². The van der Waals surface area contributed by atoms with Crippen LogP contribution < -0.4 is 5.73 Å². The molecule has 1 aromatic carbocycles. The lowest BCUT2D eigenvalue weighted by atomic mass is 10.0. The Labute approximate surface area is 116 Å². The lowest BCUT2D eigenvalue weighted by molar-refractivity contribution is 0.239. The van der Waals surface area contributed by atoms with Crippen LogP contribution in [0.2, 0.25) is 0 Å². The first-order valence-corrected chi connectivity index (χ1v) is 7.32. The first-order valence-electron chi connectivity index (χ1n) is 7.32. The summed E-state index contributed by atoms with van der Waals surface area (Å²) in [5.41, 5.74) is 6.94. The summed E-state index contributed by atoms with van der Waals surface area (Å²) >= 11 is 0. The van der Waals surface area contributed by atoms with Gasteiger partial charge in [0.05, 0.1) is 5.84 Å². The van der Waals surface area contributed by atoms with Crippen LogP contribution in [0.3, 0.4) is 0 Å². The van der Waals surface area contributed by atoms with Gasteiger partial charge in [0.25, 0.3) is 0 Å². The lowest BCUT2D eigenvalue weighted by Gasteiger charge is -2.28. The molecule has 1 saturated heterocycles. The highest BCUT2D eigenvalue weighted by atomic mass is 15.2. The summed E-state index contributed by atoms with van der Waals surface area (Å²) in [5, 5.41) is 7.62. The van der Waals surface area contributed by atoms with Crippen molar-refractivity contribution in [3.8, 4) is 0 Å². The second-order valence-electron chi connectivity index (χ2n) is 5.59. The van der Waals surface area contributed by atoms with Gasteiger partial charge in [-0.25, -0.2) is 0 Å². The van der Waals surface area contributed by atoms with Gasteiger partial charge in [0.15, 0.2) is 0 Å². The third kappa shape index (κ3) is 3.80. The molecule has 1 fully saturated rings. The van der Waals surface area contributed by atoms with Gasteiger partial charge in [-0.2, -0.15) is 0 Å². The number of benzene rings is 1. The van der Waals surface area contributed by atoms with Gasteiger partial charge < -0.3 is 5.73 Å². The Kier molecular flexibility index (Phi) is 4.97. The van der Waals surface area contributed by atoms with Gasteiger partial charge in [0.2, 0.25) is 0 Å². The molecule has 0 radical (unpaired) electrons. The number of nitrogens with zero attached hydrogens (tertiary/aromatic N) is 1. The minimum absolute atomic E-state index is 0.278. The number of hydrogen-bond acceptors (Lipinski definition) is 2. The Morgan fingerprint density at radius 2 is 2.16 bits per heavy atom. The van der Waals surface area contributed by atoms with Crippen molar-refractivity contribution < 1.29 is 0 Å². The van der Waals surface area contributed by atoms with Crippen LogP contribution in [0.4, 0.5) is 0 Å². The summed E-state index contributed by atoms with van der Waals surface area (Å²) < 4.78 is 0. The van der Waals surface area contributed by atoms with E-state index in [1.54, 1.807) is 0 Å². The maximum absolute atomic E-state index is 7.62. The SMILES string of the molecule is CCCC1CCN(C(CC(=N)N)c2ccccc2)C1. The normalized spacial score (nSPS) is 21.4. The smallest absolute Gasteiger partial charge is 0.0924 e. The fourth-order valence-corrected chi connectivity index (χ4v) is 3.13. The summed E-state index contributed by atoms with van der Waals surface area (Å²) in [6.07, 6.45) is 4.51. The van der Waals surface area contributed by atoms with Crippen LogP contribution in [0.1, 0.15) is 44.2 Å². The van der Waals surface area contributed by atoms with Crippen molar-refractivity contribution in [3.05, 3.63) is 35.9 Å². The molecule has 1 aliphatic rings. The van der Waals surface area contributed by atoms with Crippen LogP contribution in [0.25, 0.3) is 0 Å². The Morgan fingerprint density at radius 1 is 1.42 bits per heavy atom. The molecule has 2 atom stereocenters. The van der Waals surface area contributed by atoms with Crippen molar-refractivity contribution in [2.24, 2.45) is 11.7 Å². The van der Waals surface area contributed by atoms with Gasteiger partial charge in [-0.1, -0.05) is 43.7 Å². The predicted molar refractivity (Wildman–Crippen MR) is 80.3 cm³/mol. The zero-order chi connectivity index (χ0) is 13.7. The summed E-state index contributed by atoms with van der Waals surface area (Å²) in [5.74, 6) is 1.11. The molecule has 0 bridgehead atoms. The molecule has 2 rings (SSSR count). The van der Waals surface area contributed by atoms with Crippen molar-refractivity contribution in [2.45, 2.75) is 38.6 Å². The molecule has 19 heavy (non-hydrogen) atoms. The van der Waals surface area contributed by atoms with E-state index in [9.17, 15) is 0 Å². The van der Waals surface area contributed by atoms with Crippen molar-refractivity contribution in [1.82, 2.24) is 4.90 Å². The molecular formula is C16H25N3. The van der Waals surface area contributed by atoms with E-state index in [0.717, 1.165) is 19.0 Å². The first kappa shape index (κ1) is 14.1. The topological polar surface area (TPSA) is 53.1 Å². The molecule has 1 heterocycles. The molecule has 1 aliphatic heterocycles. The number of nitrogens with two attached hydrogens (primary N) is 1. The van der Waals surface area contributed by atoms with Gasteiger partial charge in [0.1, 0.15) is 0 Å². The number of hydrogen-bond donors (Lipinski definition) is 2. The standard InChI is InChI=1S/C16H25N3/c1-2-6-13-9-10-19(12-13)15(11-16(17)18)14-7-4-3-5-8-14/h3-5,7-8,13,15H,2,6,9-12H2,1H3,(H3,17,18). The number of rotatable bonds is 6. The van der Waals surface area contributed by atoms with Gasteiger partial charge in [0, 0.05) is 19.0 Å². The van der Waals surface area contributed by atoms with Crippen LogP contribution in [0.15, 0.2) is 30.3 Å². The second kappa shape index (κ2) is 6.71. The van der Waals surface area contributed by atoms with Gasteiger partial charge >= 0.3 is 0 Å². The minimum atomic E-state index is 0.278. The van der Waals surface area contributed by atoms with E-state index in [2.05, 4.69) is 36.1 Å². The lowest BCUT2D eigenvalue weighted by Crippen LogP contribution is -2.30. The molecule has 104 valence electrons. The highest BCUT2D eigenvalue weighted by molar-refractivity contribution is 5.77. The van der Waals surface area contributed by atoms with Gasteiger partial charge in [-0.05, 0) is 30.9 Å². The van der Waals surface area contributed by atoms with Crippen LogP contribution in [-0.4, -0.2) is 23.8 Å². The number of likely N-dealkylation sites (tertiary alicyclic amines) is 1. The van der Waals surface area contributed by atoms with E-state index in [-0.39, 0.29) is 11.9 Å². The zero-order valence-electron chi connectivity index (χ0n) is 11.8. The van der Waals surface area contributed by atoms with E-state index >= 15 is 0 Å². The van der Waals surface area contributed by atoms with Crippen LogP contribution in [0, 0.1) is 11.3 Å². The van der Waals surface area contributed by atoms with Crippen LogP contribution in [0.5, 0.6) is 0 Å². The number of nitrogens with one attached hydrogen (secondary N) is 1. The van der Waals surface area contributed by atoms with Gasteiger partial charge in [-0.3, -0.25) is 10.3 Å². The first-order chi connectivity index (χ1) is 9.20. The predicted octanol–water partition coefficient (Wildman–Crippen LogP) is 3.18. The third-order valence-electron chi connectivity index (χ3n) is 4.05. The molecule has 3 N–H and O–H groups in total. The molecule has 3 heteroatoms. The van der Waals surface area contributed by atoms with E-state index in [0.29, 0.717) is 6.42 Å². The summed E-state index contributed by atoms with van der Waals surface area (Å²) in [4.78, 5) is 2.51. The quantitative estimate of drug-likeness (QED) is 0.609. The molecule has 0 aliphatic carbocycles. The van der Waals surface area contributed by atoms with Crippen molar-refractivity contribution >= 4 is 5.84 Å². The molecule has 0 saturated carbocycles. The average molecular weight is 259 g/mol. The fraction of sp³-hybridized carbons (Fsp3) is 0.562. The van der Waals surface area contributed by atoms with Gasteiger partial charge in [-0.15, -0.1) is 0 Å². The molecule has 0 aromatic heterocycles. The third-order valence-corrected chi connectivity index (χ3v) is 4.05. The van der Waals surface area contributed by atoms with E-state index in [1.165, 1.54) is 24.8 Å². The minimum Gasteiger partial charge on any atom is -0.388 e. The second-order valence-corrected chi connectivity index (χ2v) is 5.59. The Balaban J connectivity index is 2.09. The zero-order valence-corrected chi connectivity index (χ0v) is 11.8.